The van der Waals surface area contributed by atoms with Crippen molar-refractivity contribution in [2.75, 3.05) is 20.2 Å². The van der Waals surface area contributed by atoms with E-state index in [1.807, 2.05) is 30.3 Å². The van der Waals surface area contributed by atoms with E-state index < -0.39 is 18.1 Å². The average molecular weight is 292 g/mol. The molecule has 0 aliphatic carbocycles. The van der Waals surface area contributed by atoms with Gasteiger partial charge < -0.3 is 20.1 Å². The number of methoxy groups -OCH3 is 1. The van der Waals surface area contributed by atoms with Gasteiger partial charge in [0.05, 0.1) is 7.11 Å². The molecule has 1 aromatic rings. The van der Waals surface area contributed by atoms with Gasteiger partial charge in [0, 0.05) is 13.1 Å². The van der Waals surface area contributed by atoms with E-state index in [2.05, 4.69) is 21.9 Å². The van der Waals surface area contributed by atoms with E-state index in [4.69, 9.17) is 4.74 Å². The summed E-state index contributed by atoms with van der Waals surface area (Å²) in [5, 5.41) is 5.40. The highest BCUT2D eigenvalue weighted by Crippen LogP contribution is 2.01. The van der Waals surface area contributed by atoms with Crippen LogP contribution in [0.25, 0.3) is 0 Å². The fourth-order valence-electron chi connectivity index (χ4n) is 1.57. The Balaban J connectivity index is 2.43. The Kier molecular flexibility index (Phi) is 7.60. The second-order valence-corrected chi connectivity index (χ2v) is 4.23. The zero-order valence-corrected chi connectivity index (χ0v) is 12.0. The molecule has 0 saturated carbocycles. The molecular weight excluding hydrogens is 272 g/mol. The lowest BCUT2D eigenvalue weighted by molar-refractivity contribution is -0.142. The number of hydrogen-bond donors (Lipinski definition) is 2. The Bertz CT molecular complexity index is 462. The summed E-state index contributed by atoms with van der Waals surface area (Å²) in [6.07, 6.45) is 0.983. The van der Waals surface area contributed by atoms with Crippen LogP contribution in [0, 0.1) is 0 Å². The fraction of sp³-hybridized carbons (Fsp3) is 0.333. The fourth-order valence-corrected chi connectivity index (χ4v) is 1.57. The monoisotopic (exact) mass is 292 g/mol. The van der Waals surface area contributed by atoms with Crippen molar-refractivity contribution >= 4 is 12.1 Å². The third kappa shape index (κ3) is 6.58. The number of amides is 1. The molecule has 1 amide bonds. The molecule has 0 radical (unpaired) electrons. The van der Waals surface area contributed by atoms with Crippen LogP contribution in [-0.2, 0) is 20.9 Å². The van der Waals surface area contributed by atoms with E-state index in [9.17, 15) is 9.59 Å². The Morgan fingerprint density at radius 1 is 1.33 bits per heavy atom. The van der Waals surface area contributed by atoms with Crippen molar-refractivity contribution in [1.29, 1.82) is 0 Å². The number of hydrogen-bond acceptors (Lipinski definition) is 5. The van der Waals surface area contributed by atoms with Crippen LogP contribution >= 0.6 is 0 Å². The molecule has 0 aliphatic rings. The molecule has 0 aliphatic heterocycles. The lowest BCUT2D eigenvalue weighted by Gasteiger charge is -2.16. The highest BCUT2D eigenvalue weighted by molar-refractivity contribution is 5.81. The molecule has 21 heavy (non-hydrogen) atoms. The molecule has 1 rings (SSSR count). The first-order chi connectivity index (χ1) is 10.2. The minimum absolute atomic E-state index is 0.140. The number of ether oxygens (including phenoxy) is 2. The van der Waals surface area contributed by atoms with Gasteiger partial charge in [-0.1, -0.05) is 36.4 Å². The van der Waals surface area contributed by atoms with Crippen LogP contribution < -0.4 is 10.6 Å². The first-order valence-corrected chi connectivity index (χ1v) is 6.54. The quantitative estimate of drug-likeness (QED) is 0.428. The van der Waals surface area contributed by atoms with Crippen LogP contribution in [0.4, 0.5) is 4.79 Å². The molecule has 1 atom stereocenters. The highest BCUT2D eigenvalue weighted by Gasteiger charge is 2.21. The molecule has 0 saturated heterocycles. The zero-order chi connectivity index (χ0) is 15.5. The minimum Gasteiger partial charge on any atom is -0.467 e. The molecule has 2 N–H and O–H groups in total. The summed E-state index contributed by atoms with van der Waals surface area (Å²) in [5.41, 5.74) is 0.868. The average Bonchev–Trinajstić information content (AvgIpc) is 2.52. The summed E-state index contributed by atoms with van der Waals surface area (Å²) in [7, 11) is 1.26. The van der Waals surface area contributed by atoms with Crippen LogP contribution in [0.3, 0.4) is 0 Å². The third-order valence-electron chi connectivity index (χ3n) is 2.63. The summed E-state index contributed by atoms with van der Waals surface area (Å²) >= 11 is 0. The summed E-state index contributed by atoms with van der Waals surface area (Å²) in [4.78, 5) is 23.2. The van der Waals surface area contributed by atoms with Crippen molar-refractivity contribution in [2.24, 2.45) is 0 Å². The zero-order valence-electron chi connectivity index (χ0n) is 12.0. The van der Waals surface area contributed by atoms with Crippen molar-refractivity contribution in [3.8, 4) is 0 Å². The maximum absolute atomic E-state index is 11.7. The van der Waals surface area contributed by atoms with Crippen molar-refractivity contribution in [3.63, 3.8) is 0 Å². The number of nitrogens with one attached hydrogen (secondary N) is 2. The Morgan fingerprint density at radius 3 is 2.67 bits per heavy atom. The molecule has 0 bridgehead atoms. The topological polar surface area (TPSA) is 76.7 Å². The van der Waals surface area contributed by atoms with Gasteiger partial charge in [0.15, 0.2) is 0 Å². The van der Waals surface area contributed by atoms with Crippen molar-refractivity contribution in [2.45, 2.75) is 12.6 Å². The predicted molar refractivity (Wildman–Crippen MR) is 78.6 cm³/mol. The van der Waals surface area contributed by atoms with E-state index >= 15 is 0 Å². The summed E-state index contributed by atoms with van der Waals surface area (Å²) in [6.45, 7) is 4.45. The minimum atomic E-state index is -0.807. The molecule has 0 heterocycles. The molecule has 6 heteroatoms. The lowest BCUT2D eigenvalue weighted by atomic mass is 10.2. The van der Waals surface area contributed by atoms with Crippen LogP contribution in [-0.4, -0.2) is 38.3 Å². The smallest absolute Gasteiger partial charge is 0.408 e. The maximum atomic E-state index is 11.7. The summed E-state index contributed by atoms with van der Waals surface area (Å²) in [5.74, 6) is -0.539. The van der Waals surface area contributed by atoms with Crippen LogP contribution in [0.2, 0.25) is 0 Å². The first kappa shape index (κ1) is 16.7. The largest absolute Gasteiger partial charge is 0.467 e. The molecule has 1 aromatic carbocycles. The second kappa shape index (κ2) is 9.55. The molecule has 0 fully saturated rings. The predicted octanol–water partition coefficient (Wildman–Crippen LogP) is 1.23. The van der Waals surface area contributed by atoms with Gasteiger partial charge in [-0.25, -0.2) is 9.59 Å². The third-order valence-corrected chi connectivity index (χ3v) is 2.63. The van der Waals surface area contributed by atoms with Crippen molar-refractivity contribution < 1.29 is 19.1 Å². The van der Waals surface area contributed by atoms with Crippen LogP contribution in [0.5, 0.6) is 0 Å². The number of carbonyl (C=O) groups excluding carboxylic acids is 2. The Labute approximate surface area is 124 Å². The molecule has 6 nitrogen and oxygen atoms in total. The normalized spacial score (nSPS) is 11.3. The van der Waals surface area contributed by atoms with Gasteiger partial charge in [-0.05, 0) is 5.56 Å². The molecule has 0 unspecified atom stereocenters. The summed E-state index contributed by atoms with van der Waals surface area (Å²) < 4.78 is 9.69. The van der Waals surface area contributed by atoms with Gasteiger partial charge in [-0.3, -0.25) is 0 Å². The standard InChI is InChI=1S/C15H20N2O4/c1-3-9-16-10-13(14(18)20-2)17-15(19)21-11-12-7-5-4-6-8-12/h3-8,13,16H,1,9-11H2,2H3,(H,17,19)/t13-/m0/s1. The van der Waals surface area contributed by atoms with Crippen LogP contribution in [0.1, 0.15) is 5.56 Å². The van der Waals surface area contributed by atoms with E-state index in [0.717, 1.165) is 5.56 Å². The van der Waals surface area contributed by atoms with Gasteiger partial charge in [0.25, 0.3) is 0 Å². The number of alkyl carbamates (subject to hydrolysis) is 1. The van der Waals surface area contributed by atoms with E-state index in [1.54, 1.807) is 6.08 Å². The van der Waals surface area contributed by atoms with Gasteiger partial charge >= 0.3 is 12.1 Å². The van der Waals surface area contributed by atoms with Crippen molar-refractivity contribution in [3.05, 3.63) is 48.6 Å². The van der Waals surface area contributed by atoms with Gasteiger partial charge in [-0.2, -0.15) is 0 Å². The number of benzene rings is 1. The first-order valence-electron chi connectivity index (χ1n) is 6.54. The number of esters is 1. The highest BCUT2D eigenvalue weighted by atomic mass is 16.6. The molecule has 0 aromatic heterocycles. The van der Waals surface area contributed by atoms with Crippen LogP contribution in [0.15, 0.2) is 43.0 Å². The van der Waals surface area contributed by atoms with E-state index in [-0.39, 0.29) is 13.2 Å². The van der Waals surface area contributed by atoms with Crippen molar-refractivity contribution in [1.82, 2.24) is 10.6 Å². The number of rotatable bonds is 8. The summed E-state index contributed by atoms with van der Waals surface area (Å²) in [6, 6.07) is 8.47. The Hall–Kier alpha value is -2.34. The SMILES string of the molecule is C=CCNC[C@H](NC(=O)OCc1ccccc1)C(=O)OC. The van der Waals surface area contributed by atoms with Gasteiger partial charge in [0.2, 0.25) is 0 Å². The van der Waals surface area contributed by atoms with Gasteiger partial charge in [0.1, 0.15) is 12.6 Å². The lowest BCUT2D eigenvalue weighted by Crippen LogP contribution is -2.48. The van der Waals surface area contributed by atoms with E-state index in [0.29, 0.717) is 6.54 Å². The maximum Gasteiger partial charge on any atom is 0.408 e. The molecule has 114 valence electrons. The van der Waals surface area contributed by atoms with Gasteiger partial charge in [-0.15, -0.1) is 6.58 Å². The second-order valence-electron chi connectivity index (χ2n) is 4.23. The molecular formula is C15H20N2O4. The Morgan fingerprint density at radius 2 is 2.05 bits per heavy atom. The van der Waals surface area contributed by atoms with E-state index in [1.165, 1.54) is 7.11 Å². The number of carbonyl (C=O) groups is 2. The molecule has 0 spiro atoms.